The van der Waals surface area contributed by atoms with E-state index in [1.54, 1.807) is 4.68 Å². The van der Waals surface area contributed by atoms with Gasteiger partial charge in [-0.2, -0.15) is 5.10 Å². The van der Waals surface area contributed by atoms with Crippen LogP contribution in [0.2, 0.25) is 5.15 Å². The minimum atomic E-state index is 0.428. The maximum Gasteiger partial charge on any atom is 0.130 e. The Bertz CT molecular complexity index is 380. The van der Waals surface area contributed by atoms with Crippen LogP contribution < -0.4 is 0 Å². The molecule has 2 rings (SSSR count). The van der Waals surface area contributed by atoms with Gasteiger partial charge in [0.25, 0.3) is 0 Å². The van der Waals surface area contributed by atoms with E-state index < -0.39 is 0 Å². The van der Waals surface area contributed by atoms with Gasteiger partial charge in [0.2, 0.25) is 0 Å². The Kier molecular flexibility index (Phi) is 2.89. The normalized spacial score (nSPS) is 20.3. The van der Waals surface area contributed by atoms with Crippen LogP contribution in [0.5, 0.6) is 0 Å². The summed E-state index contributed by atoms with van der Waals surface area (Å²) in [5, 5.41) is 5.15. The monoisotopic (exact) mass is 290 g/mol. The molecule has 2 nitrogen and oxygen atoms in total. The Hall–Kier alpha value is -0.0200. The quantitative estimate of drug-likeness (QED) is 0.780. The summed E-state index contributed by atoms with van der Waals surface area (Å²) < 4.78 is 1.77. The minimum absolute atomic E-state index is 0.428. The van der Waals surface area contributed by atoms with Gasteiger partial charge in [0, 0.05) is 17.4 Å². The Balaban J connectivity index is 2.25. The van der Waals surface area contributed by atoms with Crippen LogP contribution >= 0.6 is 27.5 Å². The molecule has 0 aliphatic heterocycles. The molecule has 1 aromatic rings. The van der Waals surface area contributed by atoms with Crippen molar-refractivity contribution < 1.29 is 0 Å². The first-order valence-corrected chi connectivity index (χ1v) is 6.58. The molecule has 15 heavy (non-hydrogen) atoms. The number of nitrogens with zero attached hydrogens (tertiary/aromatic N) is 2. The number of hydrogen-bond acceptors (Lipinski definition) is 1. The van der Waals surface area contributed by atoms with Crippen molar-refractivity contribution in [3.8, 4) is 0 Å². The van der Waals surface area contributed by atoms with Gasteiger partial charge in [0.15, 0.2) is 0 Å². The second-order valence-corrected chi connectivity index (χ2v) is 6.37. The van der Waals surface area contributed by atoms with Crippen LogP contribution in [0.3, 0.4) is 0 Å². The molecule has 0 spiro atoms. The fourth-order valence-electron chi connectivity index (χ4n) is 2.10. The van der Waals surface area contributed by atoms with E-state index in [0.717, 1.165) is 17.3 Å². The van der Waals surface area contributed by atoms with E-state index in [1.165, 1.54) is 18.4 Å². The third kappa shape index (κ3) is 1.96. The van der Waals surface area contributed by atoms with E-state index in [4.69, 9.17) is 11.6 Å². The summed E-state index contributed by atoms with van der Waals surface area (Å²) in [4.78, 5) is 0.556. The van der Waals surface area contributed by atoms with Gasteiger partial charge < -0.3 is 0 Å². The zero-order valence-corrected chi connectivity index (χ0v) is 11.7. The number of aromatic nitrogens is 2. The van der Waals surface area contributed by atoms with Gasteiger partial charge in [-0.25, -0.2) is 0 Å². The number of hydrogen-bond donors (Lipinski definition) is 0. The molecule has 1 heterocycles. The number of halogens is 2. The lowest BCUT2D eigenvalue weighted by Gasteiger charge is -2.17. The van der Waals surface area contributed by atoms with Crippen molar-refractivity contribution in [1.29, 1.82) is 0 Å². The fourth-order valence-corrected chi connectivity index (χ4v) is 2.96. The average molecular weight is 292 g/mol. The molecule has 4 heteroatoms. The molecule has 0 radical (unpaired) electrons. The Morgan fingerprint density at radius 3 is 2.53 bits per heavy atom. The summed E-state index contributed by atoms with van der Waals surface area (Å²) in [6.45, 7) is 4.27. The molecule has 1 saturated carbocycles. The highest BCUT2D eigenvalue weighted by atomic mass is 79.9. The summed E-state index contributed by atoms with van der Waals surface area (Å²) >= 11 is 9.94. The molecule has 1 aliphatic rings. The van der Waals surface area contributed by atoms with Gasteiger partial charge in [-0.05, 0) is 31.6 Å². The average Bonchev–Trinajstić information content (AvgIpc) is 2.89. The molecule has 1 aromatic heterocycles. The maximum absolute atomic E-state index is 6.24. The van der Waals surface area contributed by atoms with Gasteiger partial charge in [-0.1, -0.05) is 34.5 Å². The molecule has 1 fully saturated rings. The lowest BCUT2D eigenvalue weighted by atomic mass is 9.94. The molecule has 0 bridgehead atoms. The van der Waals surface area contributed by atoms with Crippen LogP contribution in [0.15, 0.2) is 0 Å². The van der Waals surface area contributed by atoms with Gasteiger partial charge in [-0.3, -0.25) is 4.68 Å². The molecule has 1 aliphatic carbocycles. The molecule has 84 valence electrons. The largest absolute Gasteiger partial charge is 0.257 e. The first kappa shape index (κ1) is 11.5. The SMILES string of the molecule is Cc1nn(C)c(Cl)c1CC1(C(C)Br)CC1. The highest BCUT2D eigenvalue weighted by molar-refractivity contribution is 9.09. The minimum Gasteiger partial charge on any atom is -0.257 e. The second-order valence-electron chi connectivity index (χ2n) is 4.63. The number of alkyl halides is 1. The van der Waals surface area contributed by atoms with Crippen molar-refractivity contribution in [2.75, 3.05) is 0 Å². The molecule has 1 unspecified atom stereocenters. The van der Waals surface area contributed by atoms with Crippen LogP contribution in [-0.4, -0.2) is 14.6 Å². The van der Waals surface area contributed by atoms with E-state index in [1.807, 2.05) is 14.0 Å². The predicted molar refractivity (Wildman–Crippen MR) is 66.7 cm³/mol. The van der Waals surface area contributed by atoms with E-state index in [2.05, 4.69) is 28.0 Å². The standard InChI is InChI=1S/C11H16BrClN2/c1-7-9(10(13)15(3)14-7)6-11(4-5-11)8(2)12/h8H,4-6H2,1-3H3. The van der Waals surface area contributed by atoms with Gasteiger partial charge >= 0.3 is 0 Å². The molecule has 0 aromatic carbocycles. The van der Waals surface area contributed by atoms with Crippen molar-refractivity contribution in [2.24, 2.45) is 12.5 Å². The fraction of sp³-hybridized carbons (Fsp3) is 0.727. The first-order valence-electron chi connectivity index (χ1n) is 5.28. The van der Waals surface area contributed by atoms with Crippen molar-refractivity contribution in [1.82, 2.24) is 9.78 Å². The van der Waals surface area contributed by atoms with Crippen LogP contribution in [0.4, 0.5) is 0 Å². The zero-order chi connectivity index (χ0) is 11.2. The van der Waals surface area contributed by atoms with E-state index in [-0.39, 0.29) is 0 Å². The summed E-state index contributed by atoms with van der Waals surface area (Å²) in [6, 6.07) is 0. The molecular formula is C11H16BrClN2. The Labute approximate surface area is 104 Å². The molecular weight excluding hydrogens is 275 g/mol. The van der Waals surface area contributed by atoms with Crippen molar-refractivity contribution in [3.63, 3.8) is 0 Å². The first-order chi connectivity index (χ1) is 6.96. The smallest absolute Gasteiger partial charge is 0.130 e. The summed E-state index contributed by atoms with van der Waals surface area (Å²) in [7, 11) is 1.90. The van der Waals surface area contributed by atoms with E-state index in [9.17, 15) is 0 Å². The topological polar surface area (TPSA) is 17.8 Å². The van der Waals surface area contributed by atoms with Gasteiger partial charge in [0.1, 0.15) is 5.15 Å². The zero-order valence-electron chi connectivity index (χ0n) is 9.35. The number of rotatable bonds is 3. The summed E-state index contributed by atoms with van der Waals surface area (Å²) in [6.07, 6.45) is 3.64. The van der Waals surface area contributed by atoms with Crippen molar-refractivity contribution in [2.45, 2.75) is 37.9 Å². The second kappa shape index (κ2) is 3.77. The van der Waals surface area contributed by atoms with Crippen molar-refractivity contribution in [3.05, 3.63) is 16.4 Å². The van der Waals surface area contributed by atoms with Crippen LogP contribution in [0, 0.1) is 12.3 Å². The summed E-state index contributed by atoms with van der Waals surface area (Å²) in [5.41, 5.74) is 2.72. The molecule has 0 N–H and O–H groups in total. The van der Waals surface area contributed by atoms with Crippen LogP contribution in [0.25, 0.3) is 0 Å². The van der Waals surface area contributed by atoms with Gasteiger partial charge in [-0.15, -0.1) is 0 Å². The highest BCUT2D eigenvalue weighted by Gasteiger charge is 2.47. The number of aryl methyl sites for hydroxylation is 2. The lowest BCUT2D eigenvalue weighted by Crippen LogP contribution is -2.15. The third-order valence-electron chi connectivity index (χ3n) is 3.53. The molecule has 0 amide bonds. The molecule has 0 saturated heterocycles. The third-order valence-corrected chi connectivity index (χ3v) is 4.98. The predicted octanol–water partition coefficient (Wildman–Crippen LogP) is 3.49. The molecule has 1 atom stereocenters. The maximum atomic E-state index is 6.24. The van der Waals surface area contributed by atoms with E-state index >= 15 is 0 Å². The van der Waals surface area contributed by atoms with Crippen LogP contribution in [0.1, 0.15) is 31.0 Å². The highest BCUT2D eigenvalue weighted by Crippen LogP contribution is 2.54. The summed E-state index contributed by atoms with van der Waals surface area (Å²) in [5.74, 6) is 0. The Morgan fingerprint density at radius 1 is 1.60 bits per heavy atom. The lowest BCUT2D eigenvalue weighted by molar-refractivity contribution is 0.507. The van der Waals surface area contributed by atoms with Crippen LogP contribution in [-0.2, 0) is 13.5 Å². The van der Waals surface area contributed by atoms with E-state index in [0.29, 0.717) is 10.2 Å². The van der Waals surface area contributed by atoms with Crippen molar-refractivity contribution >= 4 is 27.5 Å². The van der Waals surface area contributed by atoms with Gasteiger partial charge in [0.05, 0.1) is 5.69 Å². The Morgan fingerprint density at radius 2 is 2.20 bits per heavy atom.